The number of nitrogens with zero attached hydrogens (tertiary/aromatic N) is 4. The van der Waals surface area contributed by atoms with Crippen molar-refractivity contribution in [1.29, 1.82) is 0 Å². The number of para-hydroxylation sites is 2. The van der Waals surface area contributed by atoms with Crippen LogP contribution in [0, 0.1) is 0 Å². The highest BCUT2D eigenvalue weighted by atomic mass is 32.1. The maximum atomic E-state index is 5.61. The van der Waals surface area contributed by atoms with E-state index in [2.05, 4.69) is 51.9 Å². The summed E-state index contributed by atoms with van der Waals surface area (Å²) in [4.78, 5) is 17.0. The number of benzene rings is 2. The van der Waals surface area contributed by atoms with Crippen molar-refractivity contribution in [3.8, 4) is 5.75 Å². The van der Waals surface area contributed by atoms with Gasteiger partial charge in [-0.15, -0.1) is 0 Å². The number of hydrogen-bond donors (Lipinski definition) is 0. The molecule has 6 heteroatoms. The lowest BCUT2D eigenvalue weighted by molar-refractivity contribution is 0.414. The maximum absolute atomic E-state index is 5.61. The second-order valence-corrected chi connectivity index (χ2v) is 7.33. The van der Waals surface area contributed by atoms with Crippen LogP contribution in [-0.2, 0) is 0 Å². The zero-order chi connectivity index (χ0) is 19.5. The van der Waals surface area contributed by atoms with Gasteiger partial charge in [0.25, 0.3) is 0 Å². The molecule has 0 radical (unpaired) electrons. The van der Waals surface area contributed by atoms with Crippen LogP contribution in [0.2, 0.25) is 0 Å². The number of hydrogen-bond acceptors (Lipinski definition) is 6. The third-order valence-corrected chi connectivity index (χ3v) is 5.59. The van der Waals surface area contributed by atoms with Crippen LogP contribution in [0.5, 0.6) is 5.75 Å². The van der Waals surface area contributed by atoms with Gasteiger partial charge in [-0.25, -0.2) is 15.0 Å². The van der Waals surface area contributed by atoms with Crippen molar-refractivity contribution in [2.45, 2.75) is 13.8 Å². The maximum Gasteiger partial charge on any atom is 0.190 e. The van der Waals surface area contributed by atoms with Gasteiger partial charge in [0.05, 0.1) is 18.1 Å². The summed E-state index contributed by atoms with van der Waals surface area (Å²) < 4.78 is 5.61. The van der Waals surface area contributed by atoms with E-state index < -0.39 is 0 Å². The zero-order valence-electron chi connectivity index (χ0n) is 16.2. The number of anilines is 1. The summed E-state index contributed by atoms with van der Waals surface area (Å²) in [6.07, 6.45) is 4.02. The molecule has 2 aromatic carbocycles. The lowest BCUT2D eigenvalue weighted by Crippen LogP contribution is -2.21. The molecular formula is C22H22N4OS. The number of aromatic nitrogens is 3. The Morgan fingerprint density at radius 3 is 2.43 bits per heavy atom. The minimum absolute atomic E-state index is 0.687. The van der Waals surface area contributed by atoms with Gasteiger partial charge in [-0.1, -0.05) is 23.5 Å². The first kappa shape index (κ1) is 18.4. The number of fused-ring (bicyclic) bond motifs is 2. The molecule has 0 fully saturated rings. The molecule has 0 unspecified atom stereocenters. The summed E-state index contributed by atoms with van der Waals surface area (Å²) in [5.74, 6) is 0.851. The molecule has 4 aromatic rings. The van der Waals surface area contributed by atoms with Crippen LogP contribution in [0.3, 0.4) is 0 Å². The molecule has 2 heterocycles. The second-order valence-electron chi connectivity index (χ2n) is 6.33. The molecule has 28 heavy (non-hydrogen) atoms. The molecule has 0 N–H and O–H groups in total. The fourth-order valence-corrected chi connectivity index (χ4v) is 3.99. The summed E-state index contributed by atoms with van der Waals surface area (Å²) in [7, 11) is 1.70. The average Bonchev–Trinajstić information content (AvgIpc) is 3.13. The predicted molar refractivity (Wildman–Crippen MR) is 118 cm³/mol. The third kappa shape index (κ3) is 3.55. The molecule has 142 valence electrons. The first-order chi connectivity index (χ1) is 13.7. The zero-order valence-corrected chi connectivity index (χ0v) is 17.0. The molecule has 0 amide bonds. The Labute approximate surface area is 168 Å². The van der Waals surface area contributed by atoms with E-state index >= 15 is 0 Å². The topological polar surface area (TPSA) is 51.1 Å². The molecule has 5 nitrogen and oxygen atoms in total. The van der Waals surface area contributed by atoms with Gasteiger partial charge in [0, 0.05) is 30.4 Å². The molecule has 0 bridgehead atoms. The van der Waals surface area contributed by atoms with E-state index in [1.165, 1.54) is 17.0 Å². The first-order valence-corrected chi connectivity index (χ1v) is 10.2. The van der Waals surface area contributed by atoms with Crippen LogP contribution in [0.15, 0.2) is 42.5 Å². The van der Waals surface area contributed by atoms with E-state index in [0.29, 0.717) is 5.65 Å². The Balaban J connectivity index is 1.65. The number of thiazole rings is 1. The van der Waals surface area contributed by atoms with Gasteiger partial charge in [-0.05, 0) is 50.3 Å². The van der Waals surface area contributed by atoms with Crippen LogP contribution in [-0.4, -0.2) is 35.2 Å². The van der Waals surface area contributed by atoms with Crippen molar-refractivity contribution in [3.63, 3.8) is 0 Å². The van der Waals surface area contributed by atoms with E-state index in [0.717, 1.165) is 45.3 Å². The monoisotopic (exact) mass is 390 g/mol. The molecule has 0 saturated carbocycles. The van der Waals surface area contributed by atoms with Gasteiger partial charge in [0.2, 0.25) is 0 Å². The highest BCUT2D eigenvalue weighted by Crippen LogP contribution is 2.28. The fourth-order valence-electron chi connectivity index (χ4n) is 3.20. The molecule has 4 rings (SSSR count). The van der Waals surface area contributed by atoms with Gasteiger partial charge in [0.15, 0.2) is 10.5 Å². The Hall–Kier alpha value is -2.99. The predicted octanol–water partition coefficient (Wildman–Crippen LogP) is 5.26. The van der Waals surface area contributed by atoms with Crippen molar-refractivity contribution in [2.75, 3.05) is 25.1 Å². The molecule has 0 saturated heterocycles. The minimum atomic E-state index is 0.687. The van der Waals surface area contributed by atoms with E-state index in [4.69, 9.17) is 4.74 Å². The summed E-state index contributed by atoms with van der Waals surface area (Å²) in [5.41, 5.74) is 4.63. The van der Waals surface area contributed by atoms with Crippen LogP contribution in [0.4, 0.5) is 5.69 Å². The van der Waals surface area contributed by atoms with Gasteiger partial charge >= 0.3 is 0 Å². The van der Waals surface area contributed by atoms with E-state index in [1.54, 1.807) is 7.11 Å². The normalized spacial score (nSPS) is 11.5. The SMILES string of the molecule is CCN(CC)c1ccc(/C=C/c2nc3nc4ccccc4nc3s2)c(OC)c1. The van der Waals surface area contributed by atoms with E-state index in [1.807, 2.05) is 36.4 Å². The Morgan fingerprint density at radius 1 is 0.964 bits per heavy atom. The summed E-state index contributed by atoms with van der Waals surface area (Å²) in [6.45, 7) is 6.24. The average molecular weight is 391 g/mol. The molecule has 0 spiro atoms. The largest absolute Gasteiger partial charge is 0.496 e. The van der Waals surface area contributed by atoms with Crippen molar-refractivity contribution >= 4 is 50.7 Å². The number of ether oxygens (including phenoxy) is 1. The standard InChI is InChI=1S/C22H22N4OS/c1-4-26(5-2)16-12-10-15(19(14-16)27-3)11-13-20-25-21-22(28-20)24-18-9-7-6-8-17(18)23-21/h6-14H,4-5H2,1-3H3/b13-11+. The molecular weight excluding hydrogens is 368 g/mol. The fraction of sp³-hybridized carbons (Fsp3) is 0.227. The number of methoxy groups -OCH3 is 1. The van der Waals surface area contributed by atoms with Gasteiger partial charge in [-0.3, -0.25) is 0 Å². The molecule has 0 aliphatic carbocycles. The lowest BCUT2D eigenvalue weighted by atomic mass is 10.1. The minimum Gasteiger partial charge on any atom is -0.496 e. The molecule has 2 aromatic heterocycles. The molecule has 0 atom stereocenters. The van der Waals surface area contributed by atoms with Crippen LogP contribution >= 0.6 is 11.3 Å². The summed E-state index contributed by atoms with van der Waals surface area (Å²) >= 11 is 1.54. The van der Waals surface area contributed by atoms with E-state index in [-0.39, 0.29) is 0 Å². The Morgan fingerprint density at radius 2 is 1.71 bits per heavy atom. The highest BCUT2D eigenvalue weighted by molar-refractivity contribution is 7.18. The quantitative estimate of drug-likeness (QED) is 0.449. The van der Waals surface area contributed by atoms with Crippen molar-refractivity contribution in [1.82, 2.24) is 15.0 Å². The smallest absolute Gasteiger partial charge is 0.190 e. The Kier molecular flexibility index (Phi) is 5.21. The first-order valence-electron chi connectivity index (χ1n) is 9.36. The molecule has 0 aliphatic heterocycles. The molecule has 0 aliphatic rings. The lowest BCUT2D eigenvalue weighted by Gasteiger charge is -2.22. The van der Waals surface area contributed by atoms with Crippen molar-refractivity contribution < 1.29 is 4.74 Å². The Bertz CT molecular complexity index is 1100. The van der Waals surface area contributed by atoms with Crippen molar-refractivity contribution in [2.24, 2.45) is 0 Å². The van der Waals surface area contributed by atoms with Gasteiger partial charge < -0.3 is 9.64 Å². The van der Waals surface area contributed by atoms with Gasteiger partial charge in [-0.2, -0.15) is 0 Å². The van der Waals surface area contributed by atoms with Crippen LogP contribution < -0.4 is 9.64 Å². The van der Waals surface area contributed by atoms with Crippen molar-refractivity contribution in [3.05, 3.63) is 53.0 Å². The summed E-state index contributed by atoms with van der Waals surface area (Å²) in [6, 6.07) is 14.2. The van der Waals surface area contributed by atoms with Crippen LogP contribution in [0.25, 0.3) is 33.7 Å². The summed E-state index contributed by atoms with van der Waals surface area (Å²) in [5, 5.41) is 0.875. The third-order valence-electron chi connectivity index (χ3n) is 4.69. The number of rotatable bonds is 6. The second kappa shape index (κ2) is 7.94. The highest BCUT2D eigenvalue weighted by Gasteiger charge is 2.09. The van der Waals surface area contributed by atoms with Gasteiger partial charge in [0.1, 0.15) is 10.8 Å². The van der Waals surface area contributed by atoms with E-state index in [9.17, 15) is 0 Å². The van der Waals surface area contributed by atoms with Crippen LogP contribution in [0.1, 0.15) is 24.4 Å².